The molecular formula is C17H17N3O5S2. The highest BCUT2D eigenvalue weighted by molar-refractivity contribution is 8.25. The lowest BCUT2D eigenvalue weighted by atomic mass is 10.1. The number of esters is 1. The number of hydrogen-bond donors (Lipinski definition) is 2. The predicted octanol–water partition coefficient (Wildman–Crippen LogP) is 3.10. The van der Waals surface area contributed by atoms with Gasteiger partial charge < -0.3 is 9.30 Å². The first-order chi connectivity index (χ1) is 12.8. The number of ether oxygens (including phenoxy) is 1. The molecule has 3 aromatic heterocycles. The number of aryl methyl sites for hydroxylation is 1. The molecule has 8 nitrogen and oxygen atoms in total. The lowest BCUT2D eigenvalue weighted by Gasteiger charge is -2.35. The quantitative estimate of drug-likeness (QED) is 0.646. The Morgan fingerprint density at radius 3 is 2.85 bits per heavy atom. The first kappa shape index (κ1) is 18.0. The molecule has 2 N–H and O–H groups in total. The van der Waals surface area contributed by atoms with Crippen molar-refractivity contribution in [2.24, 2.45) is 7.05 Å². The van der Waals surface area contributed by atoms with Crippen molar-refractivity contribution in [2.45, 2.75) is 16.9 Å². The summed E-state index contributed by atoms with van der Waals surface area (Å²) < 4.78 is 29.7. The molecule has 0 saturated carbocycles. The Hall–Kier alpha value is -2.40. The molecule has 4 rings (SSSR count). The van der Waals surface area contributed by atoms with Crippen LogP contribution in [0, 0.1) is 0 Å². The van der Waals surface area contributed by atoms with Gasteiger partial charge in [0.2, 0.25) is 5.56 Å². The summed E-state index contributed by atoms with van der Waals surface area (Å²) in [6, 6.07) is 4.81. The number of carbonyl (C=O) groups excluding carboxylic acids is 1. The SMILES string of the molecule is CCOC(=O)c1nn(-c2ccc(=O)n(C)c2)c2c1CS(O)(O)c1sccc1-2. The molecule has 0 aliphatic carbocycles. The minimum atomic E-state index is -3.06. The zero-order chi connectivity index (χ0) is 19.3. The molecule has 0 aromatic carbocycles. The minimum absolute atomic E-state index is 0.0533. The van der Waals surface area contributed by atoms with E-state index in [1.54, 1.807) is 42.4 Å². The van der Waals surface area contributed by atoms with Crippen LogP contribution in [0.4, 0.5) is 0 Å². The van der Waals surface area contributed by atoms with Gasteiger partial charge in [0.15, 0.2) is 5.69 Å². The van der Waals surface area contributed by atoms with Crippen LogP contribution in [-0.4, -0.2) is 36.0 Å². The fourth-order valence-electron chi connectivity index (χ4n) is 3.11. The first-order valence-electron chi connectivity index (χ1n) is 8.13. The summed E-state index contributed by atoms with van der Waals surface area (Å²) >= 11 is 1.26. The third kappa shape index (κ3) is 2.81. The van der Waals surface area contributed by atoms with Gasteiger partial charge in [-0.25, -0.2) is 9.48 Å². The van der Waals surface area contributed by atoms with E-state index in [-0.39, 0.29) is 23.6 Å². The Balaban J connectivity index is 2.01. The van der Waals surface area contributed by atoms with Crippen molar-refractivity contribution in [3.05, 3.63) is 51.4 Å². The van der Waals surface area contributed by atoms with Gasteiger partial charge in [-0.2, -0.15) is 15.7 Å². The highest BCUT2D eigenvalue weighted by Gasteiger charge is 2.37. The fraction of sp³-hybridized carbons (Fsp3) is 0.235. The number of rotatable bonds is 3. The van der Waals surface area contributed by atoms with Gasteiger partial charge in [-0.3, -0.25) is 13.9 Å². The van der Waals surface area contributed by atoms with Crippen molar-refractivity contribution in [3.8, 4) is 16.9 Å². The van der Waals surface area contributed by atoms with E-state index < -0.39 is 16.6 Å². The average Bonchev–Trinajstić information content (AvgIpc) is 3.22. The highest BCUT2D eigenvalue weighted by atomic mass is 32.3. The van der Waals surface area contributed by atoms with Crippen molar-refractivity contribution < 1.29 is 18.6 Å². The summed E-state index contributed by atoms with van der Waals surface area (Å²) in [6.07, 6.45) is 1.61. The molecular weight excluding hydrogens is 390 g/mol. The van der Waals surface area contributed by atoms with Crippen LogP contribution in [0.15, 0.2) is 38.8 Å². The molecule has 4 heterocycles. The van der Waals surface area contributed by atoms with Crippen molar-refractivity contribution >= 4 is 27.9 Å². The molecule has 0 spiro atoms. The highest BCUT2D eigenvalue weighted by Crippen LogP contribution is 2.62. The summed E-state index contributed by atoms with van der Waals surface area (Å²) in [5.41, 5.74) is 2.14. The first-order valence-corrected chi connectivity index (χ1v) is 10.7. The number of fused-ring (bicyclic) bond motifs is 3. The van der Waals surface area contributed by atoms with Crippen LogP contribution in [-0.2, 0) is 17.5 Å². The molecule has 0 saturated heterocycles. The Bertz CT molecular complexity index is 1110. The maximum atomic E-state index is 12.4. The van der Waals surface area contributed by atoms with Gasteiger partial charge in [-0.15, -0.1) is 11.3 Å². The Morgan fingerprint density at radius 1 is 1.37 bits per heavy atom. The maximum absolute atomic E-state index is 12.4. The number of nitrogens with zero attached hydrogens (tertiary/aromatic N) is 3. The second-order valence-corrected chi connectivity index (χ2v) is 9.28. The Morgan fingerprint density at radius 2 is 2.15 bits per heavy atom. The fourth-order valence-corrected chi connectivity index (χ4v) is 6.01. The van der Waals surface area contributed by atoms with Gasteiger partial charge in [0, 0.05) is 30.4 Å². The molecule has 3 aromatic rings. The van der Waals surface area contributed by atoms with Crippen LogP contribution in [0.2, 0.25) is 0 Å². The largest absolute Gasteiger partial charge is 0.461 e. The van der Waals surface area contributed by atoms with Crippen LogP contribution >= 0.6 is 21.9 Å². The zero-order valence-electron chi connectivity index (χ0n) is 14.6. The number of hydrogen-bond acceptors (Lipinski definition) is 7. The molecule has 1 aliphatic rings. The summed E-state index contributed by atoms with van der Waals surface area (Å²) in [5.74, 6) is -0.721. The molecule has 0 atom stereocenters. The van der Waals surface area contributed by atoms with E-state index in [9.17, 15) is 18.7 Å². The van der Waals surface area contributed by atoms with Crippen molar-refractivity contribution in [3.63, 3.8) is 0 Å². The van der Waals surface area contributed by atoms with Crippen molar-refractivity contribution in [1.82, 2.24) is 14.3 Å². The third-order valence-electron chi connectivity index (χ3n) is 4.29. The standard InChI is InChI=1S/C17H17N3O5S2/c1-3-25-16(22)14-12-9-27(23,24)17-11(6-7-26-17)15(12)20(18-14)10-4-5-13(21)19(2)8-10/h4-8,23-24H,3,9H2,1-2H3. The van der Waals surface area contributed by atoms with E-state index in [1.165, 1.54) is 22.0 Å². The molecule has 0 fully saturated rings. The van der Waals surface area contributed by atoms with Crippen molar-refractivity contribution in [1.29, 1.82) is 0 Å². The van der Waals surface area contributed by atoms with Gasteiger partial charge in [0.25, 0.3) is 0 Å². The molecule has 0 unspecified atom stereocenters. The van der Waals surface area contributed by atoms with E-state index in [2.05, 4.69) is 5.10 Å². The maximum Gasteiger partial charge on any atom is 0.359 e. The second kappa shape index (κ2) is 6.34. The molecule has 142 valence electrons. The van der Waals surface area contributed by atoms with E-state index in [0.717, 1.165) is 0 Å². The summed E-state index contributed by atoms with van der Waals surface area (Å²) in [7, 11) is -1.44. The number of carbonyl (C=O) groups is 1. The number of aromatic nitrogens is 3. The van der Waals surface area contributed by atoms with Crippen molar-refractivity contribution in [2.75, 3.05) is 6.61 Å². The molecule has 1 aliphatic heterocycles. The topological polar surface area (TPSA) is 107 Å². The molecule has 10 heteroatoms. The number of thiophene rings is 1. The lowest BCUT2D eigenvalue weighted by molar-refractivity contribution is 0.0518. The van der Waals surface area contributed by atoms with Gasteiger partial charge >= 0.3 is 5.97 Å². The van der Waals surface area contributed by atoms with E-state index >= 15 is 0 Å². The van der Waals surface area contributed by atoms with Crippen LogP contribution in [0.3, 0.4) is 0 Å². The third-order valence-corrected chi connectivity index (χ3v) is 7.59. The smallest absolute Gasteiger partial charge is 0.359 e. The van der Waals surface area contributed by atoms with Crippen LogP contribution < -0.4 is 5.56 Å². The summed E-state index contributed by atoms with van der Waals surface area (Å²) in [5, 5.41) is 6.19. The van der Waals surface area contributed by atoms with Gasteiger partial charge in [0.1, 0.15) is 4.21 Å². The minimum Gasteiger partial charge on any atom is -0.461 e. The molecule has 0 amide bonds. The second-order valence-electron chi connectivity index (χ2n) is 6.08. The zero-order valence-corrected chi connectivity index (χ0v) is 16.2. The average molecular weight is 407 g/mol. The lowest BCUT2D eigenvalue weighted by Crippen LogP contribution is -2.16. The Kier molecular flexibility index (Phi) is 4.22. The van der Waals surface area contributed by atoms with Crippen LogP contribution in [0.1, 0.15) is 23.0 Å². The summed E-state index contributed by atoms with van der Waals surface area (Å²) in [4.78, 5) is 24.2. The van der Waals surface area contributed by atoms with Gasteiger partial charge in [-0.05, 0) is 24.4 Å². The van der Waals surface area contributed by atoms with Crippen LogP contribution in [0.5, 0.6) is 0 Å². The summed E-state index contributed by atoms with van der Waals surface area (Å²) in [6.45, 7) is 1.87. The number of pyridine rings is 1. The van der Waals surface area contributed by atoms with Crippen LogP contribution in [0.25, 0.3) is 16.9 Å². The monoisotopic (exact) mass is 407 g/mol. The van der Waals surface area contributed by atoms with E-state index in [1.807, 2.05) is 0 Å². The van der Waals surface area contributed by atoms with E-state index in [4.69, 9.17) is 4.74 Å². The van der Waals surface area contributed by atoms with Gasteiger partial charge in [0.05, 0.1) is 23.7 Å². The Labute approximate surface area is 160 Å². The molecule has 0 bridgehead atoms. The molecule has 0 radical (unpaired) electrons. The van der Waals surface area contributed by atoms with E-state index in [0.29, 0.717) is 26.7 Å². The normalized spacial score (nSPS) is 15.7. The predicted molar refractivity (Wildman–Crippen MR) is 103 cm³/mol. The molecule has 27 heavy (non-hydrogen) atoms. The van der Waals surface area contributed by atoms with Gasteiger partial charge in [-0.1, -0.05) is 0 Å².